The normalized spacial score (nSPS) is 12.7. The summed E-state index contributed by atoms with van der Waals surface area (Å²) in [7, 11) is 0. The van der Waals surface area contributed by atoms with Gasteiger partial charge in [0.15, 0.2) is 0 Å². The molecule has 110 valence electrons. The van der Waals surface area contributed by atoms with Crippen LogP contribution in [0.2, 0.25) is 0 Å². The molecule has 0 saturated heterocycles. The van der Waals surface area contributed by atoms with E-state index in [9.17, 15) is 26.7 Å². The number of hydrogen-bond donors (Lipinski definition) is 1. The number of carbonyl (C=O) groups excluding carboxylic acids is 1. The largest absolute Gasteiger partial charge is 0.455 e. The SMILES string of the molecule is O=C(/C(Cl)=C/Nc1ccc(SC(F)F)cc1)C(F)(F)F. The first-order valence-electron chi connectivity index (χ1n) is 4.99. The number of halogens is 6. The Morgan fingerprint density at radius 1 is 1.25 bits per heavy atom. The van der Waals surface area contributed by atoms with Crippen molar-refractivity contribution < 1.29 is 26.7 Å². The van der Waals surface area contributed by atoms with Gasteiger partial charge in [0.2, 0.25) is 0 Å². The van der Waals surface area contributed by atoms with Crippen molar-refractivity contribution >= 4 is 34.8 Å². The monoisotopic (exact) mass is 331 g/mol. The Balaban J connectivity index is 2.68. The number of thioether (sulfide) groups is 1. The second-order valence-electron chi connectivity index (χ2n) is 3.37. The van der Waals surface area contributed by atoms with E-state index >= 15 is 0 Å². The van der Waals surface area contributed by atoms with Gasteiger partial charge in [0.05, 0.1) is 0 Å². The molecule has 0 aliphatic rings. The molecule has 0 aliphatic heterocycles. The summed E-state index contributed by atoms with van der Waals surface area (Å²) < 4.78 is 60.2. The lowest BCUT2D eigenvalue weighted by molar-refractivity contribution is -0.165. The molecule has 1 aromatic carbocycles. The van der Waals surface area contributed by atoms with Crippen LogP contribution < -0.4 is 5.32 Å². The number of carbonyl (C=O) groups is 1. The van der Waals surface area contributed by atoms with E-state index in [2.05, 4.69) is 5.32 Å². The standard InChI is InChI=1S/C11H7ClF5NOS/c12-8(9(19)11(15,16)17)5-18-6-1-3-7(4-2-6)20-10(13)14/h1-5,10,18H/b8-5-. The van der Waals surface area contributed by atoms with Crippen LogP contribution in [0, 0.1) is 0 Å². The Morgan fingerprint density at radius 3 is 2.25 bits per heavy atom. The van der Waals surface area contributed by atoms with E-state index in [0.717, 1.165) is 0 Å². The molecule has 1 aromatic rings. The third-order valence-electron chi connectivity index (χ3n) is 1.92. The zero-order chi connectivity index (χ0) is 15.3. The van der Waals surface area contributed by atoms with Gasteiger partial charge in [-0.1, -0.05) is 23.4 Å². The Kier molecular flexibility index (Phi) is 5.82. The molecule has 1 N–H and O–H groups in total. The van der Waals surface area contributed by atoms with Crippen LogP contribution in [-0.4, -0.2) is 17.7 Å². The van der Waals surface area contributed by atoms with E-state index in [-0.39, 0.29) is 0 Å². The lowest BCUT2D eigenvalue weighted by atomic mass is 10.3. The number of benzene rings is 1. The van der Waals surface area contributed by atoms with Crippen LogP contribution in [0.1, 0.15) is 0 Å². The van der Waals surface area contributed by atoms with Crippen LogP contribution >= 0.6 is 23.4 Å². The van der Waals surface area contributed by atoms with E-state index in [0.29, 0.717) is 28.5 Å². The molecule has 0 amide bonds. The maximum Gasteiger partial charge on any atom is 0.455 e. The molecule has 0 spiro atoms. The lowest BCUT2D eigenvalue weighted by Crippen LogP contribution is -2.23. The maximum absolute atomic E-state index is 12.1. The molecule has 20 heavy (non-hydrogen) atoms. The van der Waals surface area contributed by atoms with Gasteiger partial charge in [-0.3, -0.25) is 4.79 Å². The van der Waals surface area contributed by atoms with Gasteiger partial charge < -0.3 is 5.32 Å². The zero-order valence-corrected chi connectivity index (χ0v) is 11.1. The topological polar surface area (TPSA) is 29.1 Å². The molecule has 0 aliphatic carbocycles. The molecular formula is C11H7ClF5NOS. The molecule has 1 rings (SSSR count). The second-order valence-corrected chi connectivity index (χ2v) is 4.84. The van der Waals surface area contributed by atoms with Crippen LogP contribution in [0.5, 0.6) is 0 Å². The van der Waals surface area contributed by atoms with Crippen molar-refractivity contribution in [3.05, 3.63) is 35.5 Å². The third kappa shape index (κ3) is 5.38. The molecular weight excluding hydrogens is 325 g/mol. The van der Waals surface area contributed by atoms with Crippen LogP contribution in [-0.2, 0) is 4.79 Å². The van der Waals surface area contributed by atoms with Crippen molar-refractivity contribution in [2.75, 3.05) is 5.32 Å². The van der Waals surface area contributed by atoms with Crippen molar-refractivity contribution in [1.29, 1.82) is 0 Å². The highest BCUT2D eigenvalue weighted by molar-refractivity contribution is 7.99. The summed E-state index contributed by atoms with van der Waals surface area (Å²) in [6.07, 6.45) is -4.36. The Morgan fingerprint density at radius 2 is 1.80 bits per heavy atom. The predicted octanol–water partition coefficient (Wildman–Crippen LogP) is 4.62. The van der Waals surface area contributed by atoms with Crippen molar-refractivity contribution in [3.8, 4) is 0 Å². The van der Waals surface area contributed by atoms with E-state index in [1.807, 2.05) is 0 Å². The molecule has 9 heteroatoms. The summed E-state index contributed by atoms with van der Waals surface area (Å²) in [5.41, 5.74) is 0.303. The molecule has 0 radical (unpaired) electrons. The summed E-state index contributed by atoms with van der Waals surface area (Å²) in [6, 6.07) is 5.44. The number of rotatable bonds is 5. The molecule has 0 saturated carbocycles. The van der Waals surface area contributed by atoms with E-state index in [1.165, 1.54) is 24.3 Å². The number of nitrogens with one attached hydrogen (secondary N) is 1. The van der Waals surface area contributed by atoms with E-state index in [1.54, 1.807) is 0 Å². The van der Waals surface area contributed by atoms with Gasteiger partial charge in [0.25, 0.3) is 11.5 Å². The predicted molar refractivity (Wildman–Crippen MR) is 66.9 cm³/mol. The summed E-state index contributed by atoms with van der Waals surface area (Å²) in [6.45, 7) is 0. The van der Waals surface area contributed by atoms with Gasteiger partial charge in [-0.2, -0.15) is 22.0 Å². The first-order valence-corrected chi connectivity index (χ1v) is 6.24. The smallest absolute Gasteiger partial charge is 0.360 e. The highest BCUT2D eigenvalue weighted by Gasteiger charge is 2.40. The van der Waals surface area contributed by atoms with Gasteiger partial charge in [-0.25, -0.2) is 0 Å². The number of hydrogen-bond acceptors (Lipinski definition) is 3. The van der Waals surface area contributed by atoms with Gasteiger partial charge in [-0.05, 0) is 24.3 Å². The second kappa shape index (κ2) is 6.94. The van der Waals surface area contributed by atoms with Gasteiger partial charge >= 0.3 is 6.18 Å². The fourth-order valence-corrected chi connectivity index (χ4v) is 1.74. The lowest BCUT2D eigenvalue weighted by Gasteiger charge is -2.06. The minimum atomic E-state index is -5.05. The molecule has 0 aromatic heterocycles. The molecule has 0 fully saturated rings. The van der Waals surface area contributed by atoms with E-state index in [4.69, 9.17) is 11.6 Å². The third-order valence-corrected chi connectivity index (χ3v) is 2.92. The minimum Gasteiger partial charge on any atom is -0.360 e. The summed E-state index contributed by atoms with van der Waals surface area (Å²) in [5, 5.41) is 1.34. The Labute approximate surface area is 120 Å². The molecule has 0 bridgehead atoms. The van der Waals surface area contributed by atoms with Crippen LogP contribution in [0.15, 0.2) is 40.4 Å². The van der Waals surface area contributed by atoms with E-state index < -0.39 is 22.7 Å². The summed E-state index contributed by atoms with van der Waals surface area (Å²) >= 11 is 5.53. The van der Waals surface area contributed by atoms with Crippen LogP contribution in [0.25, 0.3) is 0 Å². The first-order chi connectivity index (χ1) is 9.20. The number of ketones is 1. The van der Waals surface area contributed by atoms with Gasteiger partial charge in [-0.15, -0.1) is 0 Å². The Bertz CT molecular complexity index is 501. The van der Waals surface area contributed by atoms with Gasteiger partial charge in [0.1, 0.15) is 5.03 Å². The zero-order valence-electron chi connectivity index (χ0n) is 9.55. The number of Topliss-reactive ketones (excluding diaryl/α,β-unsaturated/α-hetero) is 1. The summed E-state index contributed by atoms with van der Waals surface area (Å²) in [5.74, 6) is -4.73. The van der Waals surface area contributed by atoms with Crippen LogP contribution in [0.3, 0.4) is 0 Å². The van der Waals surface area contributed by atoms with Crippen molar-refractivity contribution in [1.82, 2.24) is 0 Å². The molecule has 2 nitrogen and oxygen atoms in total. The number of anilines is 1. The molecule has 0 atom stereocenters. The highest BCUT2D eigenvalue weighted by atomic mass is 35.5. The fraction of sp³-hybridized carbons (Fsp3) is 0.182. The summed E-state index contributed by atoms with van der Waals surface area (Å²) in [4.78, 5) is 11.0. The number of alkyl halides is 5. The minimum absolute atomic E-state index is 0.298. The highest BCUT2D eigenvalue weighted by Crippen LogP contribution is 2.26. The Hall–Kier alpha value is -1.28. The van der Waals surface area contributed by atoms with Crippen molar-refractivity contribution in [2.24, 2.45) is 0 Å². The molecule has 0 unspecified atom stereocenters. The van der Waals surface area contributed by atoms with Crippen LogP contribution in [0.4, 0.5) is 27.6 Å². The first kappa shape index (κ1) is 16.8. The molecule has 0 heterocycles. The fourth-order valence-electron chi connectivity index (χ4n) is 1.08. The van der Waals surface area contributed by atoms with Crippen molar-refractivity contribution in [3.63, 3.8) is 0 Å². The van der Waals surface area contributed by atoms with Gasteiger partial charge in [0, 0.05) is 16.8 Å². The average Bonchev–Trinajstić information content (AvgIpc) is 2.35. The quantitative estimate of drug-likeness (QED) is 0.485. The number of allylic oxidation sites excluding steroid dienone is 1. The van der Waals surface area contributed by atoms with Crippen molar-refractivity contribution in [2.45, 2.75) is 16.8 Å². The maximum atomic E-state index is 12.1. The average molecular weight is 332 g/mol.